The second kappa shape index (κ2) is 9.37. The highest BCUT2D eigenvalue weighted by Gasteiger charge is 2.25. The molecule has 1 saturated heterocycles. The summed E-state index contributed by atoms with van der Waals surface area (Å²) >= 11 is 0. The van der Waals surface area contributed by atoms with Gasteiger partial charge < -0.3 is 10.1 Å². The number of nitrogens with zero attached hydrogens (tertiary/aromatic N) is 1. The standard InChI is InChI=1S/C18H25FN2O3/c1-2-24-17(22)13-21-11-8-15(9-12-21)18(23)20-10-7-14-5-3-4-6-16(14)19/h3-6,15H,2,7-13H2,1H3,(H,20,23). The van der Waals surface area contributed by atoms with Crippen LogP contribution in [0.15, 0.2) is 24.3 Å². The molecule has 0 bridgehead atoms. The number of halogens is 1. The van der Waals surface area contributed by atoms with Crippen LogP contribution < -0.4 is 5.32 Å². The number of nitrogens with one attached hydrogen (secondary N) is 1. The molecule has 0 saturated carbocycles. The van der Waals surface area contributed by atoms with Crippen LogP contribution in [0.25, 0.3) is 0 Å². The van der Waals surface area contributed by atoms with Gasteiger partial charge in [-0.15, -0.1) is 0 Å². The number of hydrogen-bond acceptors (Lipinski definition) is 4. The van der Waals surface area contributed by atoms with E-state index in [4.69, 9.17) is 4.74 Å². The predicted octanol–water partition coefficient (Wildman–Crippen LogP) is 1.76. The number of carbonyl (C=O) groups is 2. The fourth-order valence-electron chi connectivity index (χ4n) is 2.91. The molecular weight excluding hydrogens is 311 g/mol. The third-order valence-corrected chi connectivity index (χ3v) is 4.27. The summed E-state index contributed by atoms with van der Waals surface area (Å²) in [5.41, 5.74) is 0.613. The largest absolute Gasteiger partial charge is 0.465 e. The zero-order chi connectivity index (χ0) is 17.4. The molecular formula is C18H25FN2O3. The first-order chi connectivity index (χ1) is 11.6. The number of ether oxygens (including phenoxy) is 1. The van der Waals surface area contributed by atoms with Crippen molar-refractivity contribution in [3.63, 3.8) is 0 Å². The van der Waals surface area contributed by atoms with Crippen LogP contribution in [-0.2, 0) is 20.7 Å². The molecule has 0 spiro atoms. The van der Waals surface area contributed by atoms with Crippen molar-refractivity contribution in [3.05, 3.63) is 35.6 Å². The molecule has 6 heteroatoms. The molecule has 2 rings (SSSR count). The highest BCUT2D eigenvalue weighted by Crippen LogP contribution is 2.17. The third-order valence-electron chi connectivity index (χ3n) is 4.27. The minimum Gasteiger partial charge on any atom is -0.465 e. The van der Waals surface area contributed by atoms with Crippen molar-refractivity contribution < 1.29 is 18.7 Å². The van der Waals surface area contributed by atoms with Gasteiger partial charge in [-0.25, -0.2) is 4.39 Å². The Morgan fingerprint density at radius 1 is 1.29 bits per heavy atom. The molecule has 1 aromatic rings. The van der Waals surface area contributed by atoms with Crippen molar-refractivity contribution in [2.45, 2.75) is 26.2 Å². The summed E-state index contributed by atoms with van der Waals surface area (Å²) < 4.78 is 18.4. The summed E-state index contributed by atoms with van der Waals surface area (Å²) in [5, 5.41) is 2.89. The zero-order valence-corrected chi connectivity index (χ0v) is 14.1. The summed E-state index contributed by atoms with van der Waals surface area (Å²) in [5.74, 6) is -0.476. The minimum absolute atomic E-state index is 0.0159. The van der Waals surface area contributed by atoms with Gasteiger partial charge in [0.1, 0.15) is 5.82 Å². The van der Waals surface area contributed by atoms with Gasteiger partial charge in [0, 0.05) is 12.5 Å². The Morgan fingerprint density at radius 3 is 2.67 bits per heavy atom. The van der Waals surface area contributed by atoms with E-state index in [0.29, 0.717) is 38.2 Å². The lowest BCUT2D eigenvalue weighted by Gasteiger charge is -2.30. The summed E-state index contributed by atoms with van der Waals surface area (Å²) in [7, 11) is 0. The number of rotatable bonds is 7. The second-order valence-electron chi connectivity index (χ2n) is 5.99. The van der Waals surface area contributed by atoms with Crippen molar-refractivity contribution >= 4 is 11.9 Å². The SMILES string of the molecule is CCOC(=O)CN1CCC(C(=O)NCCc2ccccc2F)CC1. The number of amides is 1. The van der Waals surface area contributed by atoms with E-state index < -0.39 is 0 Å². The molecule has 0 radical (unpaired) electrons. The van der Waals surface area contributed by atoms with Crippen LogP contribution in [-0.4, -0.2) is 49.6 Å². The molecule has 0 atom stereocenters. The van der Waals surface area contributed by atoms with Crippen molar-refractivity contribution in [2.75, 3.05) is 32.8 Å². The lowest BCUT2D eigenvalue weighted by Crippen LogP contribution is -2.42. The van der Waals surface area contributed by atoms with Gasteiger partial charge in [0.2, 0.25) is 5.91 Å². The van der Waals surface area contributed by atoms with E-state index in [-0.39, 0.29) is 30.2 Å². The molecule has 0 aliphatic carbocycles. The van der Waals surface area contributed by atoms with Crippen molar-refractivity contribution in [3.8, 4) is 0 Å². The summed E-state index contributed by atoms with van der Waals surface area (Å²) in [6, 6.07) is 6.60. The van der Waals surface area contributed by atoms with Gasteiger partial charge in [0.15, 0.2) is 0 Å². The van der Waals surface area contributed by atoms with Crippen molar-refractivity contribution in [2.24, 2.45) is 5.92 Å². The molecule has 1 fully saturated rings. The molecule has 1 heterocycles. The van der Waals surface area contributed by atoms with Gasteiger partial charge in [-0.1, -0.05) is 18.2 Å². The van der Waals surface area contributed by atoms with Gasteiger partial charge in [0.25, 0.3) is 0 Å². The molecule has 24 heavy (non-hydrogen) atoms. The predicted molar refractivity (Wildman–Crippen MR) is 88.9 cm³/mol. The Bertz CT molecular complexity index is 557. The van der Waals surface area contributed by atoms with Crippen LogP contribution in [0, 0.1) is 11.7 Å². The smallest absolute Gasteiger partial charge is 0.320 e. The van der Waals surface area contributed by atoms with Crippen LogP contribution in [0.4, 0.5) is 4.39 Å². The average molecular weight is 336 g/mol. The van der Waals surface area contributed by atoms with Crippen LogP contribution in [0.3, 0.4) is 0 Å². The van der Waals surface area contributed by atoms with Crippen molar-refractivity contribution in [1.82, 2.24) is 10.2 Å². The quantitative estimate of drug-likeness (QED) is 0.771. The topological polar surface area (TPSA) is 58.6 Å². The molecule has 1 aliphatic rings. The fraction of sp³-hybridized carbons (Fsp3) is 0.556. The number of esters is 1. The normalized spacial score (nSPS) is 15.9. The number of carbonyl (C=O) groups excluding carboxylic acids is 2. The maximum absolute atomic E-state index is 13.5. The number of likely N-dealkylation sites (tertiary alicyclic amines) is 1. The van der Waals surface area contributed by atoms with Gasteiger partial charge in [-0.3, -0.25) is 14.5 Å². The van der Waals surface area contributed by atoms with E-state index in [1.165, 1.54) is 6.07 Å². The van der Waals surface area contributed by atoms with Crippen LogP contribution in [0.5, 0.6) is 0 Å². The first-order valence-electron chi connectivity index (χ1n) is 8.49. The van der Waals surface area contributed by atoms with E-state index in [1.807, 2.05) is 4.90 Å². The second-order valence-corrected chi connectivity index (χ2v) is 5.99. The Labute approximate surface area is 142 Å². The van der Waals surface area contributed by atoms with Gasteiger partial charge >= 0.3 is 5.97 Å². The molecule has 5 nitrogen and oxygen atoms in total. The van der Waals surface area contributed by atoms with Gasteiger partial charge in [0.05, 0.1) is 13.2 Å². The summed E-state index contributed by atoms with van der Waals surface area (Å²) in [6.07, 6.45) is 1.94. The molecule has 0 aromatic heterocycles. The fourth-order valence-corrected chi connectivity index (χ4v) is 2.91. The molecule has 1 aliphatic heterocycles. The monoisotopic (exact) mass is 336 g/mol. The van der Waals surface area contributed by atoms with Crippen molar-refractivity contribution in [1.29, 1.82) is 0 Å². The Hall–Kier alpha value is -1.95. The highest BCUT2D eigenvalue weighted by atomic mass is 19.1. The van der Waals surface area contributed by atoms with E-state index in [2.05, 4.69) is 5.32 Å². The molecule has 1 N–H and O–H groups in total. The Balaban J connectivity index is 1.67. The summed E-state index contributed by atoms with van der Waals surface area (Å²) in [4.78, 5) is 25.7. The molecule has 132 valence electrons. The third kappa shape index (κ3) is 5.60. The number of benzene rings is 1. The first kappa shape index (κ1) is 18.4. The minimum atomic E-state index is -0.237. The zero-order valence-electron chi connectivity index (χ0n) is 14.1. The lowest BCUT2D eigenvalue weighted by atomic mass is 9.96. The van der Waals surface area contributed by atoms with Crippen LogP contribution in [0.1, 0.15) is 25.3 Å². The van der Waals surface area contributed by atoms with E-state index in [1.54, 1.807) is 25.1 Å². The number of piperidine rings is 1. The Morgan fingerprint density at radius 2 is 2.00 bits per heavy atom. The van der Waals surface area contributed by atoms with Gasteiger partial charge in [-0.2, -0.15) is 0 Å². The van der Waals surface area contributed by atoms with Crippen LogP contribution >= 0.6 is 0 Å². The highest BCUT2D eigenvalue weighted by molar-refractivity contribution is 5.78. The lowest BCUT2D eigenvalue weighted by molar-refractivity contribution is -0.144. The molecule has 1 aromatic carbocycles. The maximum Gasteiger partial charge on any atom is 0.320 e. The maximum atomic E-state index is 13.5. The van der Waals surface area contributed by atoms with Gasteiger partial charge in [-0.05, 0) is 50.9 Å². The summed E-state index contributed by atoms with van der Waals surface area (Å²) in [6.45, 7) is 4.32. The average Bonchev–Trinajstić information content (AvgIpc) is 2.57. The van der Waals surface area contributed by atoms with Crippen LogP contribution in [0.2, 0.25) is 0 Å². The van der Waals surface area contributed by atoms with E-state index in [9.17, 15) is 14.0 Å². The first-order valence-corrected chi connectivity index (χ1v) is 8.49. The Kier molecular flexibility index (Phi) is 7.18. The van der Waals surface area contributed by atoms with E-state index >= 15 is 0 Å². The molecule has 0 unspecified atom stereocenters. The van der Waals surface area contributed by atoms with E-state index in [0.717, 1.165) is 12.8 Å². The molecule has 1 amide bonds. The number of hydrogen-bond donors (Lipinski definition) is 1.